The number of rotatable bonds is 7. The largest absolute Gasteiger partial charge is 0.497 e. The van der Waals surface area contributed by atoms with Crippen molar-refractivity contribution in [3.05, 3.63) is 59.4 Å². The Morgan fingerprint density at radius 2 is 1.96 bits per heavy atom. The van der Waals surface area contributed by atoms with Crippen molar-refractivity contribution in [3.63, 3.8) is 0 Å². The minimum atomic E-state index is -0.288. The third kappa shape index (κ3) is 4.72. The maximum absolute atomic E-state index is 13.1. The van der Waals surface area contributed by atoms with Gasteiger partial charge in [-0.15, -0.1) is 0 Å². The second-order valence-corrected chi connectivity index (χ2v) is 5.53. The van der Waals surface area contributed by atoms with Crippen molar-refractivity contribution in [2.75, 3.05) is 14.2 Å². The third-order valence-electron chi connectivity index (χ3n) is 3.81. The molecule has 2 rings (SSSR count). The minimum Gasteiger partial charge on any atom is -0.497 e. The molecular formula is C19H22FNO3. The highest BCUT2D eigenvalue weighted by atomic mass is 19.1. The molecule has 2 aromatic carbocycles. The van der Waals surface area contributed by atoms with Crippen LogP contribution in [0, 0.1) is 5.82 Å². The molecule has 0 saturated heterocycles. The molecule has 0 aliphatic heterocycles. The highest BCUT2D eigenvalue weighted by Gasteiger charge is 2.15. The molecule has 2 aromatic rings. The molecule has 5 heteroatoms. The molecule has 0 heterocycles. The summed E-state index contributed by atoms with van der Waals surface area (Å²) in [6.07, 6.45) is 0.794. The summed E-state index contributed by atoms with van der Waals surface area (Å²) in [6, 6.07) is 11.6. The molecule has 0 spiro atoms. The zero-order valence-electron chi connectivity index (χ0n) is 14.1. The Kier molecular flexibility index (Phi) is 6.18. The van der Waals surface area contributed by atoms with Crippen LogP contribution >= 0.6 is 0 Å². The summed E-state index contributed by atoms with van der Waals surface area (Å²) >= 11 is 0. The SMILES string of the molecule is COc1ccc(C(C)NC(=O)CCc2cccc(F)c2)c(OC)c1. The van der Waals surface area contributed by atoms with E-state index in [2.05, 4.69) is 5.32 Å². The lowest BCUT2D eigenvalue weighted by atomic mass is 10.1. The van der Waals surface area contributed by atoms with Gasteiger partial charge in [0.25, 0.3) is 0 Å². The van der Waals surface area contributed by atoms with Crippen LogP contribution in [0.2, 0.25) is 0 Å². The number of amides is 1. The fourth-order valence-electron chi connectivity index (χ4n) is 2.52. The van der Waals surface area contributed by atoms with E-state index in [1.165, 1.54) is 12.1 Å². The van der Waals surface area contributed by atoms with Gasteiger partial charge in [0.05, 0.1) is 20.3 Å². The molecule has 0 bridgehead atoms. The molecule has 0 aliphatic rings. The van der Waals surface area contributed by atoms with E-state index in [9.17, 15) is 9.18 Å². The fourth-order valence-corrected chi connectivity index (χ4v) is 2.52. The summed E-state index contributed by atoms with van der Waals surface area (Å²) in [4.78, 5) is 12.1. The normalized spacial score (nSPS) is 11.7. The van der Waals surface area contributed by atoms with Gasteiger partial charge in [-0.3, -0.25) is 4.79 Å². The number of hydrogen-bond acceptors (Lipinski definition) is 3. The Morgan fingerprint density at radius 3 is 2.62 bits per heavy atom. The number of methoxy groups -OCH3 is 2. The van der Waals surface area contributed by atoms with E-state index in [0.717, 1.165) is 11.1 Å². The molecule has 128 valence electrons. The van der Waals surface area contributed by atoms with Gasteiger partial charge in [0.1, 0.15) is 17.3 Å². The number of benzene rings is 2. The van der Waals surface area contributed by atoms with Crippen molar-refractivity contribution >= 4 is 5.91 Å². The first kappa shape index (κ1) is 17.8. The molecular weight excluding hydrogens is 309 g/mol. The van der Waals surface area contributed by atoms with Gasteiger partial charge in [0.2, 0.25) is 5.91 Å². The van der Waals surface area contributed by atoms with Crippen LogP contribution in [0.4, 0.5) is 4.39 Å². The Labute approximate surface area is 141 Å². The Bertz CT molecular complexity index is 703. The maximum atomic E-state index is 13.1. The second kappa shape index (κ2) is 8.34. The van der Waals surface area contributed by atoms with Crippen molar-refractivity contribution in [1.82, 2.24) is 5.32 Å². The van der Waals surface area contributed by atoms with Crippen molar-refractivity contribution in [2.45, 2.75) is 25.8 Å². The van der Waals surface area contributed by atoms with E-state index in [0.29, 0.717) is 24.3 Å². The number of carbonyl (C=O) groups excluding carboxylic acids is 1. The summed E-state index contributed by atoms with van der Waals surface area (Å²) in [5.41, 5.74) is 1.68. The van der Waals surface area contributed by atoms with Crippen molar-refractivity contribution in [1.29, 1.82) is 0 Å². The van der Waals surface area contributed by atoms with E-state index < -0.39 is 0 Å². The van der Waals surface area contributed by atoms with E-state index in [1.807, 2.05) is 25.1 Å². The highest BCUT2D eigenvalue weighted by molar-refractivity contribution is 5.76. The molecule has 1 unspecified atom stereocenters. The molecule has 0 aromatic heterocycles. The van der Waals surface area contributed by atoms with Crippen molar-refractivity contribution in [2.24, 2.45) is 0 Å². The molecule has 1 amide bonds. The Hall–Kier alpha value is -2.56. The number of nitrogens with one attached hydrogen (secondary N) is 1. The van der Waals surface area contributed by atoms with Gasteiger partial charge < -0.3 is 14.8 Å². The van der Waals surface area contributed by atoms with E-state index in [-0.39, 0.29) is 17.8 Å². The first-order valence-corrected chi connectivity index (χ1v) is 7.79. The quantitative estimate of drug-likeness (QED) is 0.842. The van der Waals surface area contributed by atoms with Crippen LogP contribution < -0.4 is 14.8 Å². The molecule has 0 aliphatic carbocycles. The first-order chi connectivity index (χ1) is 11.5. The molecule has 4 nitrogen and oxygen atoms in total. The van der Waals surface area contributed by atoms with Gasteiger partial charge >= 0.3 is 0 Å². The van der Waals surface area contributed by atoms with Crippen molar-refractivity contribution < 1.29 is 18.7 Å². The molecule has 1 atom stereocenters. The van der Waals surface area contributed by atoms with Crippen LogP contribution in [-0.2, 0) is 11.2 Å². The first-order valence-electron chi connectivity index (χ1n) is 7.79. The number of hydrogen-bond donors (Lipinski definition) is 1. The zero-order chi connectivity index (χ0) is 17.5. The molecule has 0 radical (unpaired) electrons. The van der Waals surface area contributed by atoms with E-state index in [1.54, 1.807) is 26.4 Å². The lowest BCUT2D eigenvalue weighted by Gasteiger charge is -2.18. The summed E-state index contributed by atoms with van der Waals surface area (Å²) in [5, 5.41) is 2.94. The number of ether oxygens (including phenoxy) is 2. The Morgan fingerprint density at radius 1 is 1.17 bits per heavy atom. The van der Waals surface area contributed by atoms with Gasteiger partial charge in [-0.1, -0.05) is 12.1 Å². The molecule has 24 heavy (non-hydrogen) atoms. The van der Waals surface area contributed by atoms with Gasteiger partial charge in [-0.2, -0.15) is 0 Å². The maximum Gasteiger partial charge on any atom is 0.220 e. The zero-order valence-corrected chi connectivity index (χ0v) is 14.1. The average molecular weight is 331 g/mol. The average Bonchev–Trinajstić information content (AvgIpc) is 2.59. The number of carbonyl (C=O) groups is 1. The topological polar surface area (TPSA) is 47.6 Å². The predicted octanol–water partition coefficient (Wildman–Crippen LogP) is 3.65. The molecule has 1 N–H and O–H groups in total. The number of aryl methyl sites for hydroxylation is 1. The van der Waals surface area contributed by atoms with Crippen LogP contribution in [0.5, 0.6) is 11.5 Å². The van der Waals surface area contributed by atoms with Gasteiger partial charge in [-0.25, -0.2) is 4.39 Å². The predicted molar refractivity (Wildman–Crippen MR) is 90.8 cm³/mol. The lowest BCUT2D eigenvalue weighted by Crippen LogP contribution is -2.27. The monoisotopic (exact) mass is 331 g/mol. The van der Waals surface area contributed by atoms with Gasteiger partial charge in [0.15, 0.2) is 0 Å². The standard InChI is InChI=1S/C19H22FNO3/c1-13(17-9-8-16(23-2)12-18(17)24-3)21-19(22)10-7-14-5-4-6-15(20)11-14/h4-6,8-9,11-13H,7,10H2,1-3H3,(H,21,22). The summed E-state index contributed by atoms with van der Waals surface area (Å²) in [5.74, 6) is 0.974. The van der Waals surface area contributed by atoms with Gasteiger partial charge in [-0.05, 0) is 43.2 Å². The van der Waals surface area contributed by atoms with Crippen LogP contribution in [0.1, 0.15) is 30.5 Å². The number of halogens is 1. The van der Waals surface area contributed by atoms with Crippen LogP contribution in [0.15, 0.2) is 42.5 Å². The van der Waals surface area contributed by atoms with Crippen molar-refractivity contribution in [3.8, 4) is 11.5 Å². The summed E-state index contributed by atoms with van der Waals surface area (Å²) < 4.78 is 23.7. The third-order valence-corrected chi connectivity index (χ3v) is 3.81. The van der Waals surface area contributed by atoms with Crippen LogP contribution in [-0.4, -0.2) is 20.1 Å². The summed E-state index contributed by atoms with van der Waals surface area (Å²) in [6.45, 7) is 1.89. The molecule has 0 fully saturated rings. The summed E-state index contributed by atoms with van der Waals surface area (Å²) in [7, 11) is 3.17. The minimum absolute atomic E-state index is 0.0929. The van der Waals surface area contributed by atoms with Gasteiger partial charge in [0, 0.05) is 18.1 Å². The smallest absolute Gasteiger partial charge is 0.220 e. The Balaban J connectivity index is 1.96. The van der Waals surface area contributed by atoms with Crippen LogP contribution in [0.3, 0.4) is 0 Å². The second-order valence-electron chi connectivity index (χ2n) is 5.53. The molecule has 0 saturated carbocycles. The fraction of sp³-hybridized carbons (Fsp3) is 0.316. The lowest BCUT2D eigenvalue weighted by molar-refractivity contribution is -0.121. The van der Waals surface area contributed by atoms with E-state index in [4.69, 9.17) is 9.47 Å². The van der Waals surface area contributed by atoms with E-state index >= 15 is 0 Å². The highest BCUT2D eigenvalue weighted by Crippen LogP contribution is 2.29. The van der Waals surface area contributed by atoms with Crippen LogP contribution in [0.25, 0.3) is 0 Å².